The van der Waals surface area contributed by atoms with Crippen LogP contribution in [-0.4, -0.2) is 31.1 Å². The van der Waals surface area contributed by atoms with Crippen LogP contribution in [0.5, 0.6) is 5.75 Å². The molecule has 2 heterocycles. The summed E-state index contributed by atoms with van der Waals surface area (Å²) in [4.78, 5) is 41.8. The zero-order valence-corrected chi connectivity index (χ0v) is 16.1. The summed E-state index contributed by atoms with van der Waals surface area (Å²) >= 11 is 6.23. The molecule has 9 heteroatoms. The molecule has 0 aliphatic rings. The summed E-state index contributed by atoms with van der Waals surface area (Å²) in [6, 6.07) is 5.94. The number of benzene rings is 1. The molecule has 8 nitrogen and oxygen atoms in total. The second kappa shape index (κ2) is 7.03. The molecule has 142 valence electrons. The van der Waals surface area contributed by atoms with Crippen molar-refractivity contribution in [2.24, 2.45) is 14.1 Å². The fourth-order valence-electron chi connectivity index (χ4n) is 2.98. The Morgan fingerprint density at radius 1 is 1.19 bits per heavy atom. The number of nitrogens with zero attached hydrogens (tertiary/aromatic N) is 4. The molecule has 0 aliphatic carbocycles. The van der Waals surface area contributed by atoms with E-state index < -0.39 is 17.3 Å². The molecule has 0 aliphatic heterocycles. The topological polar surface area (TPSA) is 88.1 Å². The Balaban J connectivity index is 2.12. The Hall–Kier alpha value is -2.87. The summed E-state index contributed by atoms with van der Waals surface area (Å²) in [6.45, 7) is 4.04. The quantitative estimate of drug-likeness (QED) is 0.490. The van der Waals surface area contributed by atoms with E-state index in [1.165, 1.54) is 23.2 Å². The third-order valence-electron chi connectivity index (χ3n) is 4.47. The van der Waals surface area contributed by atoms with Crippen molar-refractivity contribution < 1.29 is 9.53 Å². The highest BCUT2D eigenvalue weighted by molar-refractivity contribution is 6.29. The molecule has 1 atom stereocenters. The lowest BCUT2D eigenvalue weighted by Crippen LogP contribution is -2.38. The Morgan fingerprint density at radius 3 is 2.41 bits per heavy atom. The Kier molecular flexibility index (Phi) is 4.93. The number of fused-ring (bicyclic) bond motifs is 1. The number of carbonyl (C=O) groups excluding carboxylic acids is 1. The van der Waals surface area contributed by atoms with Crippen LogP contribution in [0.15, 0.2) is 33.9 Å². The minimum absolute atomic E-state index is 0.0323. The number of Topliss-reactive ketones (excluding diaryl/α,β-unsaturated/α-hetero) is 1. The van der Waals surface area contributed by atoms with Crippen LogP contribution < -0.4 is 16.0 Å². The normalized spacial score (nSPS) is 12.3. The molecule has 1 aromatic carbocycles. The molecule has 0 bridgehead atoms. The first-order chi connectivity index (χ1) is 12.8. The van der Waals surface area contributed by atoms with Crippen molar-refractivity contribution in [1.82, 2.24) is 18.7 Å². The van der Waals surface area contributed by atoms with Gasteiger partial charge in [0.15, 0.2) is 16.9 Å². The van der Waals surface area contributed by atoms with E-state index in [0.717, 1.165) is 4.57 Å². The summed E-state index contributed by atoms with van der Waals surface area (Å²) in [7, 11) is 2.87. The first kappa shape index (κ1) is 18.9. The lowest BCUT2D eigenvalue weighted by molar-refractivity contribution is 0.0937. The van der Waals surface area contributed by atoms with Gasteiger partial charge in [-0.2, -0.15) is 4.98 Å². The SMILES string of the molecule is CCOc1ccc(C(=O)C(C)n2c(Cl)nc3c2c(=O)n(C)c(=O)n3C)cc1. The van der Waals surface area contributed by atoms with Crippen LogP contribution in [0, 0.1) is 0 Å². The number of rotatable bonds is 5. The van der Waals surface area contributed by atoms with Gasteiger partial charge in [-0.1, -0.05) is 0 Å². The molecule has 27 heavy (non-hydrogen) atoms. The zero-order chi connectivity index (χ0) is 19.9. The zero-order valence-electron chi connectivity index (χ0n) is 15.4. The van der Waals surface area contributed by atoms with Crippen molar-refractivity contribution in [3.63, 3.8) is 0 Å². The number of carbonyl (C=O) groups is 1. The van der Waals surface area contributed by atoms with E-state index in [2.05, 4.69) is 4.98 Å². The summed E-state index contributed by atoms with van der Waals surface area (Å²) in [5.74, 6) is 0.423. The number of imidazole rings is 1. The maximum atomic E-state index is 12.9. The number of hydrogen-bond acceptors (Lipinski definition) is 5. The van der Waals surface area contributed by atoms with E-state index in [1.54, 1.807) is 31.2 Å². The largest absolute Gasteiger partial charge is 0.494 e. The molecule has 3 aromatic rings. The second-order valence-electron chi connectivity index (χ2n) is 6.13. The smallest absolute Gasteiger partial charge is 0.332 e. The van der Waals surface area contributed by atoms with Crippen LogP contribution in [0.4, 0.5) is 0 Å². The monoisotopic (exact) mass is 390 g/mol. The van der Waals surface area contributed by atoms with Crippen LogP contribution in [0.1, 0.15) is 30.2 Å². The van der Waals surface area contributed by atoms with Gasteiger partial charge >= 0.3 is 5.69 Å². The standard InChI is InChI=1S/C18H19ClN4O4/c1-5-27-12-8-6-11(7-9-12)14(24)10(2)23-13-15(20-17(23)19)21(3)18(26)22(4)16(13)25/h6-10H,5H2,1-4H3. The summed E-state index contributed by atoms with van der Waals surface area (Å²) in [5, 5.41) is -0.0323. The van der Waals surface area contributed by atoms with Gasteiger partial charge in [0.05, 0.1) is 12.6 Å². The van der Waals surface area contributed by atoms with Crippen molar-refractivity contribution in [1.29, 1.82) is 0 Å². The fourth-order valence-corrected chi connectivity index (χ4v) is 3.29. The van der Waals surface area contributed by atoms with Crippen LogP contribution in [0.25, 0.3) is 11.2 Å². The third-order valence-corrected chi connectivity index (χ3v) is 4.73. The molecular formula is C18H19ClN4O4. The molecule has 2 aromatic heterocycles. The number of halogens is 1. The highest BCUT2D eigenvalue weighted by Gasteiger charge is 2.26. The van der Waals surface area contributed by atoms with Crippen LogP contribution in [-0.2, 0) is 14.1 Å². The van der Waals surface area contributed by atoms with Gasteiger partial charge in [-0.05, 0) is 49.7 Å². The minimum atomic E-state index is -0.786. The molecule has 1 unspecified atom stereocenters. The van der Waals surface area contributed by atoms with E-state index in [1.807, 2.05) is 6.92 Å². The molecule has 0 saturated heterocycles. The van der Waals surface area contributed by atoms with Crippen molar-refractivity contribution in [3.05, 3.63) is 56.0 Å². The molecule has 0 saturated carbocycles. The number of aryl methyl sites for hydroxylation is 1. The maximum Gasteiger partial charge on any atom is 0.332 e. The number of hydrogen-bond donors (Lipinski definition) is 0. The predicted octanol–water partition coefficient (Wildman–Crippen LogP) is 1.93. The van der Waals surface area contributed by atoms with E-state index in [-0.39, 0.29) is 22.2 Å². The van der Waals surface area contributed by atoms with E-state index in [9.17, 15) is 14.4 Å². The first-order valence-electron chi connectivity index (χ1n) is 8.38. The van der Waals surface area contributed by atoms with Gasteiger partial charge in [-0.3, -0.25) is 23.3 Å². The van der Waals surface area contributed by atoms with Crippen molar-refractivity contribution in [3.8, 4) is 5.75 Å². The highest BCUT2D eigenvalue weighted by atomic mass is 35.5. The average molecular weight is 391 g/mol. The minimum Gasteiger partial charge on any atom is -0.494 e. The van der Waals surface area contributed by atoms with E-state index >= 15 is 0 Å². The first-order valence-corrected chi connectivity index (χ1v) is 8.76. The summed E-state index contributed by atoms with van der Waals surface area (Å²) < 4.78 is 8.93. The van der Waals surface area contributed by atoms with Crippen LogP contribution >= 0.6 is 11.6 Å². The van der Waals surface area contributed by atoms with Gasteiger partial charge in [0.2, 0.25) is 5.28 Å². The van der Waals surface area contributed by atoms with Gasteiger partial charge in [0.1, 0.15) is 5.75 Å². The maximum absolute atomic E-state index is 12.9. The molecule has 3 rings (SSSR count). The Morgan fingerprint density at radius 2 is 1.81 bits per heavy atom. The Bertz CT molecular complexity index is 1140. The lowest BCUT2D eigenvalue weighted by atomic mass is 10.1. The molecule has 0 spiro atoms. The molecule has 0 amide bonds. The summed E-state index contributed by atoms with van der Waals surface area (Å²) in [5.41, 5.74) is -0.375. The molecule has 0 fully saturated rings. The lowest BCUT2D eigenvalue weighted by Gasteiger charge is -2.15. The highest BCUT2D eigenvalue weighted by Crippen LogP contribution is 2.25. The van der Waals surface area contributed by atoms with Gasteiger partial charge in [0.25, 0.3) is 5.56 Å². The van der Waals surface area contributed by atoms with Gasteiger partial charge in [-0.15, -0.1) is 0 Å². The number of aromatic nitrogens is 4. The average Bonchev–Trinajstić information content (AvgIpc) is 3.01. The van der Waals surface area contributed by atoms with Gasteiger partial charge in [0, 0.05) is 19.7 Å². The van der Waals surface area contributed by atoms with Crippen LogP contribution in [0.3, 0.4) is 0 Å². The molecule has 0 N–H and O–H groups in total. The summed E-state index contributed by atoms with van der Waals surface area (Å²) in [6.07, 6.45) is 0. The van der Waals surface area contributed by atoms with Gasteiger partial charge in [-0.25, -0.2) is 4.79 Å². The number of ketones is 1. The predicted molar refractivity (Wildman–Crippen MR) is 102 cm³/mol. The Labute approximate surface area is 159 Å². The fraction of sp³-hybridized carbons (Fsp3) is 0.333. The van der Waals surface area contributed by atoms with Crippen molar-refractivity contribution in [2.45, 2.75) is 19.9 Å². The van der Waals surface area contributed by atoms with E-state index in [0.29, 0.717) is 17.9 Å². The van der Waals surface area contributed by atoms with Crippen molar-refractivity contribution >= 4 is 28.5 Å². The molecular weight excluding hydrogens is 372 g/mol. The second-order valence-corrected chi connectivity index (χ2v) is 6.46. The van der Waals surface area contributed by atoms with Gasteiger partial charge < -0.3 is 4.74 Å². The molecule has 0 radical (unpaired) electrons. The third kappa shape index (κ3) is 3.06. The van der Waals surface area contributed by atoms with E-state index in [4.69, 9.17) is 16.3 Å². The number of ether oxygens (including phenoxy) is 1. The van der Waals surface area contributed by atoms with Crippen LogP contribution in [0.2, 0.25) is 5.28 Å². The van der Waals surface area contributed by atoms with Crippen molar-refractivity contribution in [2.75, 3.05) is 6.61 Å².